The minimum atomic E-state index is -0.0751. The number of nitrogens with one attached hydrogen (secondary N) is 8. The van der Waals surface area contributed by atoms with Crippen molar-refractivity contribution in [2.24, 2.45) is 11.8 Å². The number of hydrogen-bond donors (Lipinski definition) is 9. The molecule has 0 aromatic carbocycles. The van der Waals surface area contributed by atoms with Gasteiger partial charge in [-0.3, -0.25) is 4.79 Å². The lowest BCUT2D eigenvalue weighted by Crippen LogP contribution is -2.51. The van der Waals surface area contributed by atoms with E-state index in [9.17, 15) is 9.90 Å². The Kier molecular flexibility index (Phi) is 39.1. The molecule has 2 aliphatic carbocycles. The first-order chi connectivity index (χ1) is 65.2. The smallest absolute Gasteiger partial charge is 0.227 e. The molecule has 778 valence electrons. The summed E-state index contributed by atoms with van der Waals surface area (Å²) in [6.45, 7) is 75.0. The van der Waals surface area contributed by atoms with Crippen molar-refractivity contribution in [3.63, 3.8) is 0 Å². The Hall–Kier alpha value is -9.09. The van der Waals surface area contributed by atoms with Crippen LogP contribution in [0.4, 0.5) is 52.8 Å². The number of aromatic nitrogens is 14. The molecule has 9 N–H and O–H groups in total. The van der Waals surface area contributed by atoms with Crippen molar-refractivity contribution in [1.82, 2.24) is 95.1 Å². The highest BCUT2D eigenvalue weighted by atomic mass is 16.5. The van der Waals surface area contributed by atoms with E-state index < -0.39 is 0 Å². The van der Waals surface area contributed by atoms with Crippen LogP contribution in [0.2, 0.25) is 0 Å². The summed E-state index contributed by atoms with van der Waals surface area (Å²) in [5.74, 6) is 10.9. The van der Waals surface area contributed by atoms with Crippen LogP contribution < -0.4 is 57.2 Å². The third-order valence-electron chi connectivity index (χ3n) is 25.7. The van der Waals surface area contributed by atoms with Gasteiger partial charge in [-0.25, -0.2) is 54.8 Å². The Labute approximate surface area is 840 Å². The normalized spacial score (nSPS) is 19.3. The maximum absolute atomic E-state index is 12.4. The van der Waals surface area contributed by atoms with Gasteiger partial charge in [-0.2, -0.15) is 15.0 Å². The molecular formula is C107H180N28O5. The number of aliphatic hydroxyl groups is 1. The molecule has 33 nitrogen and oxygen atoms in total. The molecule has 140 heavy (non-hydrogen) atoms. The fraction of sp³-hybridized carbons (Fsp3) is 0.729. The van der Waals surface area contributed by atoms with Crippen LogP contribution in [0.1, 0.15) is 296 Å². The van der Waals surface area contributed by atoms with Crippen LogP contribution in [0.15, 0.2) is 55.1 Å². The summed E-state index contributed by atoms with van der Waals surface area (Å²) in [7, 11) is 12.4. The van der Waals surface area contributed by atoms with Gasteiger partial charge in [0.1, 0.15) is 59.2 Å². The maximum Gasteiger partial charge on any atom is 0.227 e. The second-order valence-corrected chi connectivity index (χ2v) is 49.7. The lowest BCUT2D eigenvalue weighted by molar-refractivity contribution is -0.139. The minimum Gasteiger partial charge on any atom is -0.393 e. The number of piperidine rings is 1. The van der Waals surface area contributed by atoms with Crippen molar-refractivity contribution in [1.29, 1.82) is 0 Å². The lowest BCUT2D eigenvalue weighted by Gasteiger charge is -2.39. The average Bonchev–Trinajstić information content (AvgIpc) is 0.864. The van der Waals surface area contributed by atoms with E-state index in [1.165, 1.54) is 12.8 Å². The number of hydrogen-bond acceptors (Lipinski definition) is 32. The number of rotatable bonds is 24. The monoisotopic (exact) mass is 1940 g/mol. The van der Waals surface area contributed by atoms with E-state index in [2.05, 4.69) is 370 Å². The standard InChI is InChI=1S/C18H28N4O.C16H30N6.C16H29N5O.C15H26N4.C15H25N3O.C14H22N4O.C13H20N2O/c1-18(2,3)15-11-16(20-12-19-15)21-14-9-13(10-14)17(23)22-7-5-4-6-8-22;1-16(2,3)13-9-14(18-12-10-17-11-12)20-15(19-13)22(6)8-7-21(4)5;1-16(2,3)13-9-14(17-12-10-22-11-12)19-15(18-13)21(6)8-7-20(4)5;1-14(2,3)11-7-12(17-10-8-16-9-10)19-13(18-11)15(4,5)6;1-14(2,3)11-7-12(16-10-8-19-9-10)18-13(17-11)15(4,5)6;1-14(2,3)11-7-12(15-10-8-19-9-10)17-13(16-11)18-5-4-6-18;1-13(2,3)12-7-10(14-8-15-12)4-9-5-11(16)6-9/h11-14H,4-10H2,1-3H3,(H,19,20,21);9,12,17H,7-8,10-11H2,1-6H3,(H,18,19,20);9,12H,7-8,10-11H2,1-6H3,(H,17,18,19);7,10,16H,8-9H2,1-6H3,(H,17,18,19);7,10H,8-9H2,1-6H3,(H,16,17,18);7,10H,4-6,8-9H2,1-3H3,(H,15,16,17);7-9,11,16H,4-6H2,1-3H3. The third-order valence-corrected chi connectivity index (χ3v) is 25.7. The predicted octanol–water partition coefficient (Wildman–Crippen LogP) is 14.9. The van der Waals surface area contributed by atoms with Gasteiger partial charge in [0, 0.05) is 201 Å². The Balaban J connectivity index is 0.000000169. The molecule has 7 saturated heterocycles. The first kappa shape index (κ1) is 113. The molecule has 7 aromatic rings. The molecule has 14 heterocycles. The fourth-order valence-corrected chi connectivity index (χ4v) is 15.3. The molecule has 0 radical (unpaired) electrons. The molecule has 7 aliphatic heterocycles. The van der Waals surface area contributed by atoms with Crippen molar-refractivity contribution >= 4 is 58.7 Å². The zero-order chi connectivity index (χ0) is 103. The number of amides is 1. The third kappa shape index (κ3) is 35.7. The lowest BCUT2D eigenvalue weighted by atomic mass is 9.79. The second-order valence-electron chi connectivity index (χ2n) is 49.7. The number of likely N-dealkylation sites (tertiary alicyclic amines) is 1. The zero-order valence-electron chi connectivity index (χ0n) is 92.0. The SMILES string of the molecule is CC(C)(C)c1cc(CC2CC(O)C2)ncn1.CC(C)(C)c1cc(NC2CC(C(=O)N3CCCCC3)C2)ncn1.CC(C)(C)c1cc(NC2CNC2)nc(C(C)(C)C)n1.CC(C)(C)c1cc(NC2COC2)nc(C(C)(C)C)n1.CC(C)(C)c1cc(NC2COC2)nc(N2CCC2)n1.CN(C)CCN(C)c1nc(NC2CNC2)cc(C(C)(C)C)n1.CN(C)CCN(C)c1nc(NC2COC2)cc(C(C)(C)C)n1. The van der Waals surface area contributed by atoms with Crippen molar-refractivity contribution in [2.45, 2.75) is 336 Å². The zero-order valence-corrected chi connectivity index (χ0v) is 92.0. The van der Waals surface area contributed by atoms with Gasteiger partial charge in [0.2, 0.25) is 23.8 Å². The molecule has 9 fully saturated rings. The van der Waals surface area contributed by atoms with Gasteiger partial charge < -0.3 is 91.3 Å². The topological polar surface area (TPSA) is 361 Å². The molecule has 2 saturated carbocycles. The van der Waals surface area contributed by atoms with E-state index in [1.807, 2.05) is 13.1 Å². The highest BCUT2D eigenvalue weighted by Crippen LogP contribution is 2.37. The van der Waals surface area contributed by atoms with Gasteiger partial charge in [0.05, 0.1) is 110 Å². The highest BCUT2D eigenvalue weighted by Gasteiger charge is 2.39. The van der Waals surface area contributed by atoms with Gasteiger partial charge in [0.25, 0.3) is 0 Å². The Morgan fingerprint density at radius 2 is 0.700 bits per heavy atom. The fourth-order valence-electron chi connectivity index (χ4n) is 15.3. The molecule has 16 rings (SSSR count). The van der Waals surface area contributed by atoms with E-state index >= 15 is 0 Å². The van der Waals surface area contributed by atoms with Crippen molar-refractivity contribution in [3.05, 3.63) is 112 Å². The van der Waals surface area contributed by atoms with Gasteiger partial charge in [-0.05, 0) is 98.0 Å². The summed E-state index contributed by atoms with van der Waals surface area (Å²) >= 11 is 0. The number of likely N-dealkylation sites (N-methyl/N-ethyl adjacent to an activating group) is 4. The Morgan fingerprint density at radius 3 is 1.04 bits per heavy atom. The largest absolute Gasteiger partial charge is 0.393 e. The maximum atomic E-state index is 12.4. The molecule has 0 spiro atoms. The van der Waals surface area contributed by atoms with Gasteiger partial charge in [-0.1, -0.05) is 187 Å². The molecule has 9 aliphatic rings. The first-order valence-electron chi connectivity index (χ1n) is 51.5. The molecule has 1 amide bonds. The number of anilines is 9. The van der Waals surface area contributed by atoms with Gasteiger partial charge in [-0.15, -0.1) is 0 Å². The predicted molar refractivity (Wildman–Crippen MR) is 571 cm³/mol. The van der Waals surface area contributed by atoms with Crippen LogP contribution in [0, 0.1) is 11.8 Å². The van der Waals surface area contributed by atoms with Crippen LogP contribution >= 0.6 is 0 Å². The molecular weight excluding hydrogens is 1760 g/mol. The van der Waals surface area contributed by atoms with E-state index in [4.69, 9.17) is 44.1 Å². The van der Waals surface area contributed by atoms with Crippen molar-refractivity contribution in [3.8, 4) is 0 Å². The Bertz CT molecular complexity index is 4770. The number of aliphatic hydroxyl groups excluding tert-OH is 1. The number of ether oxygens (including phenoxy) is 3. The average molecular weight is 1940 g/mol. The van der Waals surface area contributed by atoms with E-state index in [0.717, 1.165) is 273 Å². The summed E-state index contributed by atoms with van der Waals surface area (Å²) in [5, 5.41) is 36.5. The van der Waals surface area contributed by atoms with Crippen LogP contribution in [0.5, 0.6) is 0 Å². The molecule has 0 atom stereocenters. The van der Waals surface area contributed by atoms with Crippen molar-refractivity contribution in [2.75, 3.05) is 207 Å². The van der Waals surface area contributed by atoms with Crippen LogP contribution in [0.25, 0.3) is 0 Å². The summed E-state index contributed by atoms with van der Waals surface area (Å²) in [4.78, 5) is 89.7. The molecule has 7 aromatic heterocycles. The quantitative estimate of drug-likeness (QED) is 0.0271. The summed E-state index contributed by atoms with van der Waals surface area (Å²) in [6, 6.07) is 17.0. The highest BCUT2D eigenvalue weighted by molar-refractivity contribution is 5.80. The van der Waals surface area contributed by atoms with E-state index in [-0.39, 0.29) is 60.8 Å². The minimum absolute atomic E-state index is 0.00732. The van der Waals surface area contributed by atoms with E-state index in [0.29, 0.717) is 48.1 Å². The van der Waals surface area contributed by atoms with Gasteiger partial charge in [0.15, 0.2) is 0 Å². The molecule has 33 heteroatoms. The van der Waals surface area contributed by atoms with Crippen LogP contribution in [-0.4, -0.2) is 298 Å². The van der Waals surface area contributed by atoms with E-state index in [1.54, 1.807) is 12.7 Å². The summed E-state index contributed by atoms with van der Waals surface area (Å²) < 4.78 is 15.6. The second kappa shape index (κ2) is 48.5. The summed E-state index contributed by atoms with van der Waals surface area (Å²) in [5.41, 5.74) is 8.75. The summed E-state index contributed by atoms with van der Waals surface area (Å²) in [6.07, 6.45) is 12.7. The van der Waals surface area contributed by atoms with Crippen LogP contribution in [0.3, 0.4) is 0 Å². The first-order valence-corrected chi connectivity index (χ1v) is 51.5. The molecule has 0 bridgehead atoms. The number of nitrogens with zero attached hydrogens (tertiary/aromatic N) is 20. The number of carbonyl (C=O) groups excluding carboxylic acids is 1. The van der Waals surface area contributed by atoms with Gasteiger partial charge >= 0.3 is 0 Å². The van der Waals surface area contributed by atoms with Crippen molar-refractivity contribution < 1.29 is 24.1 Å². The van der Waals surface area contributed by atoms with Crippen LogP contribution in [-0.2, 0) is 74.2 Å². The molecule has 0 unspecified atom stereocenters. The Morgan fingerprint density at radius 1 is 0.357 bits per heavy atom. The number of carbonyl (C=O) groups is 1.